The lowest BCUT2D eigenvalue weighted by atomic mass is 10.2. The van der Waals surface area contributed by atoms with Gasteiger partial charge in [-0.2, -0.15) is 0 Å². The van der Waals surface area contributed by atoms with Crippen molar-refractivity contribution in [2.24, 2.45) is 0 Å². The molecular weight excluding hydrogens is 182 g/mol. The van der Waals surface area contributed by atoms with E-state index in [-0.39, 0.29) is 0 Å². The molecule has 0 aliphatic heterocycles. The van der Waals surface area contributed by atoms with E-state index < -0.39 is 6.10 Å². The molecule has 1 atom stereocenters. The molecule has 13 heavy (non-hydrogen) atoms. The molecule has 3 heteroatoms. The van der Waals surface area contributed by atoms with Crippen LogP contribution in [0, 0.1) is 0 Å². The molecule has 0 bridgehead atoms. The Morgan fingerprint density at radius 3 is 2.38 bits per heavy atom. The van der Waals surface area contributed by atoms with Gasteiger partial charge in [0.1, 0.15) is 0 Å². The largest absolute Gasteiger partial charge is 0.389 e. The van der Waals surface area contributed by atoms with Gasteiger partial charge >= 0.3 is 0 Å². The summed E-state index contributed by atoms with van der Waals surface area (Å²) in [5.41, 5.74) is 0.869. The van der Waals surface area contributed by atoms with Crippen LogP contribution in [0.4, 0.5) is 0 Å². The zero-order chi connectivity index (χ0) is 9.84. The molecule has 1 N–H and O–H groups in total. The van der Waals surface area contributed by atoms with E-state index in [2.05, 4.69) is 18.8 Å². The van der Waals surface area contributed by atoms with Crippen LogP contribution in [0.3, 0.4) is 0 Å². The highest BCUT2D eigenvalue weighted by Gasteiger charge is 2.02. The third-order valence-electron chi connectivity index (χ3n) is 1.60. The fourth-order valence-corrected chi connectivity index (χ4v) is 1.69. The Morgan fingerprint density at radius 1 is 1.31 bits per heavy atom. The van der Waals surface area contributed by atoms with Crippen molar-refractivity contribution in [3.05, 3.63) is 23.9 Å². The van der Waals surface area contributed by atoms with Crippen LogP contribution in [0.25, 0.3) is 0 Å². The highest BCUT2D eigenvalue weighted by atomic mass is 32.2. The fourth-order valence-electron chi connectivity index (χ4n) is 0.950. The summed E-state index contributed by atoms with van der Waals surface area (Å²) >= 11 is 1.73. The first-order valence-corrected chi connectivity index (χ1v) is 5.28. The molecule has 2 nitrogen and oxygen atoms in total. The van der Waals surface area contributed by atoms with E-state index in [4.69, 9.17) is 0 Å². The number of hydrogen-bond donors (Lipinski definition) is 1. The van der Waals surface area contributed by atoms with Crippen LogP contribution in [0.1, 0.15) is 32.4 Å². The number of pyridine rings is 1. The number of aliphatic hydroxyl groups excluding tert-OH is 1. The molecule has 0 aliphatic carbocycles. The molecule has 1 rings (SSSR count). The Morgan fingerprint density at radius 2 is 2.00 bits per heavy atom. The van der Waals surface area contributed by atoms with Gasteiger partial charge in [-0.15, -0.1) is 11.8 Å². The highest BCUT2D eigenvalue weighted by molar-refractivity contribution is 7.99. The molecular formula is C10H15NOS. The number of thioether (sulfide) groups is 1. The summed E-state index contributed by atoms with van der Waals surface area (Å²) in [6.07, 6.45) is 1.31. The van der Waals surface area contributed by atoms with E-state index in [0.717, 1.165) is 10.6 Å². The number of aliphatic hydroxyl groups is 1. The molecule has 0 fully saturated rings. The van der Waals surface area contributed by atoms with Gasteiger partial charge < -0.3 is 5.11 Å². The van der Waals surface area contributed by atoms with Crippen LogP contribution in [0.5, 0.6) is 0 Å². The second-order valence-corrected chi connectivity index (χ2v) is 4.87. The van der Waals surface area contributed by atoms with Gasteiger partial charge in [0.25, 0.3) is 0 Å². The van der Waals surface area contributed by atoms with Crippen molar-refractivity contribution in [1.29, 1.82) is 0 Å². The second-order valence-electron chi connectivity index (χ2n) is 3.27. The van der Waals surface area contributed by atoms with Gasteiger partial charge in [-0.05, 0) is 18.6 Å². The Kier molecular flexibility index (Phi) is 3.75. The van der Waals surface area contributed by atoms with Crippen molar-refractivity contribution in [3.8, 4) is 0 Å². The van der Waals surface area contributed by atoms with E-state index in [9.17, 15) is 5.11 Å². The third-order valence-corrected chi connectivity index (χ3v) is 2.55. The summed E-state index contributed by atoms with van der Waals surface area (Å²) in [6.45, 7) is 6.01. The van der Waals surface area contributed by atoms with Crippen molar-refractivity contribution in [3.63, 3.8) is 0 Å². The summed E-state index contributed by atoms with van der Waals surface area (Å²) in [4.78, 5) is 4.24. The van der Waals surface area contributed by atoms with E-state index in [1.165, 1.54) is 0 Å². The van der Waals surface area contributed by atoms with Crippen molar-refractivity contribution in [2.75, 3.05) is 0 Å². The van der Waals surface area contributed by atoms with E-state index in [1.54, 1.807) is 24.9 Å². The molecule has 0 amide bonds. The lowest BCUT2D eigenvalue weighted by Crippen LogP contribution is -1.93. The number of rotatable bonds is 3. The Bertz CT molecular complexity index is 256. The molecule has 0 radical (unpaired) electrons. The van der Waals surface area contributed by atoms with Crippen molar-refractivity contribution < 1.29 is 5.11 Å². The number of aromatic nitrogens is 1. The first kappa shape index (κ1) is 10.5. The molecule has 0 aliphatic rings. The van der Waals surface area contributed by atoms with Crippen LogP contribution in [-0.4, -0.2) is 15.3 Å². The number of hydrogen-bond acceptors (Lipinski definition) is 3. The van der Waals surface area contributed by atoms with Gasteiger partial charge in [0.05, 0.1) is 11.1 Å². The van der Waals surface area contributed by atoms with Crippen molar-refractivity contribution in [1.82, 2.24) is 4.98 Å². The molecule has 1 unspecified atom stereocenters. The number of nitrogens with zero attached hydrogens (tertiary/aromatic N) is 1. The van der Waals surface area contributed by atoms with Crippen LogP contribution in [0.15, 0.2) is 23.4 Å². The van der Waals surface area contributed by atoms with Gasteiger partial charge in [-0.3, -0.25) is 0 Å². The van der Waals surface area contributed by atoms with Crippen molar-refractivity contribution >= 4 is 11.8 Å². The minimum Gasteiger partial charge on any atom is -0.389 e. The highest BCUT2D eigenvalue weighted by Crippen LogP contribution is 2.21. The van der Waals surface area contributed by atoms with Crippen LogP contribution in [0.2, 0.25) is 0 Å². The van der Waals surface area contributed by atoms with E-state index in [1.807, 2.05) is 12.1 Å². The van der Waals surface area contributed by atoms with Crippen LogP contribution in [-0.2, 0) is 0 Å². The molecule has 1 aromatic heterocycles. The predicted octanol–water partition coefficient (Wildman–Crippen LogP) is 2.64. The lowest BCUT2D eigenvalue weighted by Gasteiger charge is -2.06. The van der Waals surface area contributed by atoms with Gasteiger partial charge in [-0.1, -0.05) is 19.9 Å². The Balaban J connectivity index is 2.70. The minimum absolute atomic E-state index is 0.425. The summed E-state index contributed by atoms with van der Waals surface area (Å²) in [6, 6.07) is 3.87. The van der Waals surface area contributed by atoms with E-state index in [0.29, 0.717) is 5.25 Å². The predicted molar refractivity (Wildman–Crippen MR) is 55.9 cm³/mol. The van der Waals surface area contributed by atoms with Crippen LogP contribution < -0.4 is 0 Å². The summed E-state index contributed by atoms with van der Waals surface area (Å²) in [7, 11) is 0. The SMILES string of the molecule is CC(C)Sc1ccc(C(C)O)cn1. The smallest absolute Gasteiger partial charge is 0.0962 e. The molecule has 0 aromatic carbocycles. The monoisotopic (exact) mass is 197 g/mol. The quantitative estimate of drug-likeness (QED) is 0.756. The van der Waals surface area contributed by atoms with Gasteiger partial charge in [-0.25, -0.2) is 4.98 Å². The summed E-state index contributed by atoms with van der Waals surface area (Å²) in [5.74, 6) is 0. The molecule has 0 saturated heterocycles. The average molecular weight is 197 g/mol. The normalized spacial score (nSPS) is 13.3. The molecule has 0 saturated carbocycles. The van der Waals surface area contributed by atoms with Crippen molar-refractivity contribution in [2.45, 2.75) is 37.2 Å². The topological polar surface area (TPSA) is 33.1 Å². The van der Waals surface area contributed by atoms with Gasteiger partial charge in [0.15, 0.2) is 0 Å². The standard InChI is InChI=1S/C10H15NOS/c1-7(2)13-10-5-4-9(6-11-10)8(3)12/h4-8,12H,1-3H3. The maximum absolute atomic E-state index is 9.25. The van der Waals surface area contributed by atoms with Gasteiger partial charge in [0, 0.05) is 11.4 Å². The average Bonchev–Trinajstić information content (AvgIpc) is 2.04. The second kappa shape index (κ2) is 4.63. The fraction of sp³-hybridized carbons (Fsp3) is 0.500. The maximum atomic E-state index is 9.25. The maximum Gasteiger partial charge on any atom is 0.0962 e. The zero-order valence-electron chi connectivity index (χ0n) is 8.19. The molecule has 0 spiro atoms. The Labute approximate surface area is 83.4 Å². The molecule has 72 valence electrons. The summed E-state index contributed by atoms with van der Waals surface area (Å²) in [5, 5.41) is 10.8. The van der Waals surface area contributed by atoms with E-state index >= 15 is 0 Å². The van der Waals surface area contributed by atoms with Crippen LogP contribution >= 0.6 is 11.8 Å². The Hall–Kier alpha value is -0.540. The molecule has 1 aromatic rings. The summed E-state index contributed by atoms with van der Waals surface area (Å²) < 4.78 is 0. The first-order chi connectivity index (χ1) is 6.09. The lowest BCUT2D eigenvalue weighted by molar-refractivity contribution is 0.198. The third kappa shape index (κ3) is 3.36. The minimum atomic E-state index is -0.425. The molecule has 1 heterocycles. The van der Waals surface area contributed by atoms with Gasteiger partial charge in [0.2, 0.25) is 0 Å². The first-order valence-electron chi connectivity index (χ1n) is 4.40. The zero-order valence-corrected chi connectivity index (χ0v) is 9.01.